The second kappa shape index (κ2) is 5.96. The summed E-state index contributed by atoms with van der Waals surface area (Å²) in [5.41, 5.74) is 0.956. The highest BCUT2D eigenvalue weighted by molar-refractivity contribution is 5.74. The van der Waals surface area contributed by atoms with Gasteiger partial charge in [0, 0.05) is 25.6 Å². The zero-order valence-electron chi connectivity index (χ0n) is 14.2. The molecule has 0 radical (unpaired) electrons. The van der Waals surface area contributed by atoms with E-state index in [2.05, 4.69) is 5.32 Å². The fourth-order valence-electron chi connectivity index (χ4n) is 3.88. The zero-order chi connectivity index (χ0) is 16.7. The second-order valence-corrected chi connectivity index (χ2v) is 7.67. The van der Waals surface area contributed by atoms with E-state index in [0.29, 0.717) is 12.5 Å². The van der Waals surface area contributed by atoms with Crippen molar-refractivity contribution in [3.8, 4) is 5.75 Å². The molecule has 2 atom stereocenters. The zero-order valence-corrected chi connectivity index (χ0v) is 14.2. The number of fused-ring (bicyclic) bond motifs is 1. The normalized spacial score (nSPS) is 25.2. The lowest BCUT2D eigenvalue weighted by Gasteiger charge is -2.48. The first-order valence-electron chi connectivity index (χ1n) is 9.04. The summed E-state index contributed by atoms with van der Waals surface area (Å²) in [4.78, 5) is 14.2. The number of carbonyl (C=O) groups is 1. The number of urea groups is 1. The number of rotatable bonds is 4. The Morgan fingerprint density at radius 2 is 2.17 bits per heavy atom. The molecule has 3 aliphatic rings. The molecule has 0 saturated heterocycles. The van der Waals surface area contributed by atoms with Crippen molar-refractivity contribution >= 4 is 6.03 Å². The van der Waals surface area contributed by atoms with Crippen LogP contribution < -0.4 is 10.1 Å². The number of para-hydroxylation sites is 1. The van der Waals surface area contributed by atoms with E-state index in [1.54, 1.807) is 11.9 Å². The van der Waals surface area contributed by atoms with Crippen LogP contribution in [0.5, 0.6) is 5.75 Å². The Balaban J connectivity index is 1.45. The number of carbonyl (C=O) groups excluding carboxylic acids is 1. The molecule has 2 fully saturated rings. The predicted molar refractivity (Wildman–Crippen MR) is 90.9 cm³/mol. The smallest absolute Gasteiger partial charge is 0.317 e. The van der Waals surface area contributed by atoms with E-state index in [-0.39, 0.29) is 17.7 Å². The number of aliphatic hydroxyl groups is 1. The summed E-state index contributed by atoms with van der Waals surface area (Å²) in [7, 11) is 1.76. The topological polar surface area (TPSA) is 61.8 Å². The largest absolute Gasteiger partial charge is 0.487 e. The molecule has 1 spiro atoms. The Bertz CT molecular complexity index is 625. The monoisotopic (exact) mass is 330 g/mol. The quantitative estimate of drug-likeness (QED) is 0.892. The number of benzene rings is 1. The summed E-state index contributed by atoms with van der Waals surface area (Å²) in [5.74, 6) is 1.27. The van der Waals surface area contributed by atoms with Crippen LogP contribution in [0.3, 0.4) is 0 Å². The minimum absolute atomic E-state index is 0.0248. The summed E-state index contributed by atoms with van der Waals surface area (Å²) in [6.45, 7) is 0.395. The van der Waals surface area contributed by atoms with Gasteiger partial charge in [0.25, 0.3) is 0 Å². The van der Waals surface area contributed by atoms with Crippen molar-refractivity contribution < 1.29 is 14.6 Å². The van der Waals surface area contributed by atoms with Gasteiger partial charge >= 0.3 is 6.03 Å². The summed E-state index contributed by atoms with van der Waals surface area (Å²) in [6.07, 6.45) is 5.89. The highest BCUT2D eigenvalue weighted by Crippen LogP contribution is 2.48. The summed E-state index contributed by atoms with van der Waals surface area (Å²) in [5, 5.41) is 13.2. The van der Waals surface area contributed by atoms with Gasteiger partial charge in [-0.05, 0) is 44.1 Å². The van der Waals surface area contributed by atoms with Crippen LogP contribution in [0.2, 0.25) is 0 Å². The summed E-state index contributed by atoms with van der Waals surface area (Å²) < 4.78 is 6.23. The maximum absolute atomic E-state index is 12.6. The number of hydrogen-bond donors (Lipinski definition) is 2. The summed E-state index contributed by atoms with van der Waals surface area (Å²) in [6, 6.07) is 7.85. The molecule has 0 unspecified atom stereocenters. The lowest BCUT2D eigenvalue weighted by molar-refractivity contribution is -0.0360. The molecule has 0 bridgehead atoms. The maximum Gasteiger partial charge on any atom is 0.317 e. The van der Waals surface area contributed by atoms with Gasteiger partial charge in [-0.3, -0.25) is 0 Å². The second-order valence-electron chi connectivity index (χ2n) is 7.67. The average molecular weight is 330 g/mol. The molecule has 4 rings (SSSR count). The fourth-order valence-corrected chi connectivity index (χ4v) is 3.88. The number of ether oxygens (including phenoxy) is 1. The molecule has 5 heteroatoms. The minimum Gasteiger partial charge on any atom is -0.487 e. The molecule has 130 valence electrons. The van der Waals surface area contributed by atoms with Gasteiger partial charge in [0.05, 0.1) is 12.1 Å². The van der Waals surface area contributed by atoms with Gasteiger partial charge in [-0.15, -0.1) is 0 Å². The van der Waals surface area contributed by atoms with E-state index in [4.69, 9.17) is 4.74 Å². The number of nitrogens with zero attached hydrogens (tertiary/aromatic N) is 1. The van der Waals surface area contributed by atoms with Crippen LogP contribution in [-0.4, -0.2) is 41.3 Å². The minimum atomic E-state index is -0.402. The van der Waals surface area contributed by atoms with Crippen molar-refractivity contribution in [2.45, 2.75) is 56.3 Å². The lowest BCUT2D eigenvalue weighted by Crippen LogP contribution is -2.51. The van der Waals surface area contributed by atoms with Crippen LogP contribution in [0, 0.1) is 5.92 Å². The van der Waals surface area contributed by atoms with Crippen LogP contribution in [0.25, 0.3) is 0 Å². The molecular weight excluding hydrogens is 304 g/mol. The van der Waals surface area contributed by atoms with Crippen LogP contribution in [-0.2, 0) is 0 Å². The van der Waals surface area contributed by atoms with Crippen molar-refractivity contribution in [3.63, 3.8) is 0 Å². The molecule has 1 heterocycles. The molecule has 1 aromatic carbocycles. The highest BCUT2D eigenvalue weighted by atomic mass is 16.5. The summed E-state index contributed by atoms with van der Waals surface area (Å²) >= 11 is 0. The van der Waals surface area contributed by atoms with Gasteiger partial charge in [0.15, 0.2) is 0 Å². The third kappa shape index (κ3) is 2.97. The Morgan fingerprint density at radius 1 is 1.42 bits per heavy atom. The van der Waals surface area contributed by atoms with Gasteiger partial charge in [-0.1, -0.05) is 18.2 Å². The molecule has 2 aliphatic carbocycles. The Labute approximate surface area is 143 Å². The van der Waals surface area contributed by atoms with Crippen molar-refractivity contribution in [1.29, 1.82) is 0 Å². The van der Waals surface area contributed by atoms with Crippen molar-refractivity contribution in [2.24, 2.45) is 5.92 Å². The van der Waals surface area contributed by atoms with E-state index in [1.165, 1.54) is 6.42 Å². The number of amides is 2. The van der Waals surface area contributed by atoms with E-state index < -0.39 is 6.10 Å². The third-order valence-corrected chi connectivity index (χ3v) is 5.73. The molecule has 5 nitrogen and oxygen atoms in total. The van der Waals surface area contributed by atoms with E-state index >= 15 is 0 Å². The Morgan fingerprint density at radius 3 is 2.83 bits per heavy atom. The van der Waals surface area contributed by atoms with Gasteiger partial charge < -0.3 is 20.1 Å². The number of aliphatic hydroxyl groups excluding tert-OH is 1. The van der Waals surface area contributed by atoms with Crippen LogP contribution in [0.4, 0.5) is 4.79 Å². The predicted octanol–water partition coefficient (Wildman–Crippen LogP) is 2.85. The van der Waals surface area contributed by atoms with Crippen LogP contribution >= 0.6 is 0 Å². The van der Waals surface area contributed by atoms with Crippen LogP contribution in [0.15, 0.2) is 24.3 Å². The van der Waals surface area contributed by atoms with Crippen molar-refractivity contribution in [1.82, 2.24) is 10.2 Å². The van der Waals surface area contributed by atoms with E-state index in [9.17, 15) is 9.90 Å². The van der Waals surface area contributed by atoms with Crippen molar-refractivity contribution in [2.75, 3.05) is 13.6 Å². The SMILES string of the molecule is CN(C[C@@H](O)C1CC1)C(=O)N[C@@H]1CC2(CCC2)Oc2ccccc21. The highest BCUT2D eigenvalue weighted by Gasteiger charge is 2.46. The first kappa shape index (κ1) is 15.8. The first-order chi connectivity index (χ1) is 11.6. The standard InChI is InChI=1S/C19H26N2O3/c1-21(12-16(22)13-7-8-13)18(23)20-15-11-19(9-4-10-19)24-17-6-3-2-5-14(15)17/h2-3,5-6,13,15-16,22H,4,7-12H2,1H3,(H,20,23)/t15-,16-/m1/s1. The first-order valence-corrected chi connectivity index (χ1v) is 9.04. The molecule has 2 N–H and O–H groups in total. The fraction of sp³-hybridized carbons (Fsp3) is 0.632. The van der Waals surface area contributed by atoms with Crippen molar-refractivity contribution in [3.05, 3.63) is 29.8 Å². The maximum atomic E-state index is 12.6. The van der Waals surface area contributed by atoms with Gasteiger partial charge in [-0.2, -0.15) is 0 Å². The van der Waals surface area contributed by atoms with Crippen LogP contribution in [0.1, 0.15) is 50.1 Å². The molecule has 1 aromatic rings. The number of likely N-dealkylation sites (N-methyl/N-ethyl adjacent to an activating group) is 1. The number of hydrogen-bond acceptors (Lipinski definition) is 3. The molecule has 1 aliphatic heterocycles. The lowest BCUT2D eigenvalue weighted by atomic mass is 9.73. The van der Waals surface area contributed by atoms with Gasteiger partial charge in [0.2, 0.25) is 0 Å². The van der Waals surface area contributed by atoms with E-state index in [1.807, 2.05) is 24.3 Å². The third-order valence-electron chi connectivity index (χ3n) is 5.73. The molecular formula is C19H26N2O3. The molecule has 2 saturated carbocycles. The van der Waals surface area contributed by atoms with E-state index in [0.717, 1.165) is 43.4 Å². The Hall–Kier alpha value is -1.75. The Kier molecular flexibility index (Phi) is 3.91. The molecule has 24 heavy (non-hydrogen) atoms. The number of nitrogens with one attached hydrogen (secondary N) is 1. The van der Waals surface area contributed by atoms with Gasteiger partial charge in [-0.25, -0.2) is 4.79 Å². The molecule has 2 amide bonds. The molecule has 0 aromatic heterocycles. The van der Waals surface area contributed by atoms with Gasteiger partial charge in [0.1, 0.15) is 11.4 Å². The average Bonchev–Trinajstić information content (AvgIpc) is 3.38.